The lowest BCUT2D eigenvalue weighted by Crippen LogP contribution is -2.30. The molecule has 2 aromatic rings. The molecule has 152 valence electrons. The zero-order valence-corrected chi connectivity index (χ0v) is 17.2. The van der Waals surface area contributed by atoms with E-state index in [2.05, 4.69) is 5.32 Å². The Balaban J connectivity index is 2.05. The zero-order chi connectivity index (χ0) is 20.9. The van der Waals surface area contributed by atoms with Crippen LogP contribution in [0.4, 0.5) is 11.4 Å². The van der Waals surface area contributed by atoms with Crippen molar-refractivity contribution in [3.8, 4) is 17.2 Å². The Bertz CT molecular complexity index is 928. The van der Waals surface area contributed by atoms with E-state index in [9.17, 15) is 13.2 Å². The largest absolute Gasteiger partial charge is 0.497 e. The lowest BCUT2D eigenvalue weighted by molar-refractivity contribution is -0.122. The number of nitrogens with zero attached hydrogens (tertiary/aromatic N) is 1. The molecule has 9 heteroatoms. The molecular formula is C19H24N2O6S. The van der Waals surface area contributed by atoms with Crippen LogP contribution in [0.3, 0.4) is 0 Å². The highest BCUT2D eigenvalue weighted by Crippen LogP contribution is 2.29. The van der Waals surface area contributed by atoms with Crippen LogP contribution in [0.1, 0.15) is 6.92 Å². The number of ether oxygens (including phenoxy) is 3. The third kappa shape index (κ3) is 5.29. The normalized spacial score (nSPS) is 12.0. The fraction of sp³-hybridized carbons (Fsp3) is 0.316. The summed E-state index contributed by atoms with van der Waals surface area (Å²) in [6.07, 6.45) is 0.336. The van der Waals surface area contributed by atoms with E-state index in [1.54, 1.807) is 56.5 Å². The molecule has 0 saturated carbocycles. The van der Waals surface area contributed by atoms with Gasteiger partial charge < -0.3 is 19.5 Å². The highest BCUT2D eigenvalue weighted by molar-refractivity contribution is 7.92. The van der Waals surface area contributed by atoms with Crippen molar-refractivity contribution in [1.82, 2.24) is 0 Å². The SMILES string of the molecule is COc1ccc(NC(=O)C(C)Oc2ccc(N(C)S(C)(=O)=O)cc2)c(OC)c1. The van der Waals surface area contributed by atoms with Crippen LogP contribution in [0.5, 0.6) is 17.2 Å². The lowest BCUT2D eigenvalue weighted by atomic mass is 10.2. The molecule has 0 spiro atoms. The minimum absolute atomic E-state index is 0.360. The number of methoxy groups -OCH3 is 2. The Morgan fingerprint density at radius 3 is 2.18 bits per heavy atom. The van der Waals surface area contributed by atoms with E-state index in [1.807, 2.05) is 0 Å². The summed E-state index contributed by atoms with van der Waals surface area (Å²) in [4.78, 5) is 12.4. The molecule has 0 aliphatic rings. The van der Waals surface area contributed by atoms with E-state index in [0.717, 1.165) is 10.6 Å². The number of nitrogens with one attached hydrogen (secondary N) is 1. The van der Waals surface area contributed by atoms with E-state index < -0.39 is 16.1 Å². The van der Waals surface area contributed by atoms with Crippen LogP contribution in [0.15, 0.2) is 42.5 Å². The van der Waals surface area contributed by atoms with Crippen molar-refractivity contribution in [2.75, 3.05) is 37.1 Å². The standard InChI is InChI=1S/C19H24N2O6S/c1-13(19(22)20-17-11-10-16(25-3)12-18(17)26-4)27-15-8-6-14(7-9-15)21(2)28(5,23)24/h6-13H,1-5H3,(H,20,22). The molecule has 8 nitrogen and oxygen atoms in total. The number of rotatable bonds is 8. The molecule has 1 unspecified atom stereocenters. The lowest BCUT2D eigenvalue weighted by Gasteiger charge is -2.19. The number of carbonyl (C=O) groups excluding carboxylic acids is 1. The summed E-state index contributed by atoms with van der Waals surface area (Å²) in [6, 6.07) is 11.5. The van der Waals surface area contributed by atoms with Crippen molar-refractivity contribution in [2.24, 2.45) is 0 Å². The number of benzene rings is 2. The van der Waals surface area contributed by atoms with E-state index in [0.29, 0.717) is 28.6 Å². The summed E-state index contributed by atoms with van der Waals surface area (Å²) in [6.45, 7) is 1.61. The van der Waals surface area contributed by atoms with Gasteiger partial charge in [-0.2, -0.15) is 0 Å². The molecule has 0 saturated heterocycles. The first-order valence-electron chi connectivity index (χ1n) is 8.39. The number of anilines is 2. The van der Waals surface area contributed by atoms with E-state index in [-0.39, 0.29) is 5.91 Å². The maximum Gasteiger partial charge on any atom is 0.265 e. The fourth-order valence-corrected chi connectivity index (χ4v) is 2.82. The van der Waals surface area contributed by atoms with Gasteiger partial charge >= 0.3 is 0 Å². The van der Waals surface area contributed by atoms with Gasteiger partial charge in [0.25, 0.3) is 5.91 Å². The van der Waals surface area contributed by atoms with Gasteiger partial charge in [0.2, 0.25) is 10.0 Å². The van der Waals surface area contributed by atoms with Gasteiger partial charge in [0.15, 0.2) is 6.10 Å². The highest BCUT2D eigenvalue weighted by Gasteiger charge is 2.18. The number of hydrogen-bond donors (Lipinski definition) is 1. The van der Waals surface area contributed by atoms with Crippen molar-refractivity contribution in [3.63, 3.8) is 0 Å². The Labute approximate surface area is 165 Å². The maximum absolute atomic E-state index is 12.4. The molecule has 0 aliphatic heterocycles. The first kappa shape index (κ1) is 21.4. The van der Waals surface area contributed by atoms with Crippen molar-refractivity contribution in [3.05, 3.63) is 42.5 Å². The smallest absolute Gasteiger partial charge is 0.265 e. The van der Waals surface area contributed by atoms with Crippen LogP contribution in [-0.2, 0) is 14.8 Å². The molecule has 1 N–H and O–H groups in total. The van der Waals surface area contributed by atoms with Gasteiger partial charge in [-0.1, -0.05) is 0 Å². The number of carbonyl (C=O) groups is 1. The molecule has 0 aromatic heterocycles. The van der Waals surface area contributed by atoms with E-state index >= 15 is 0 Å². The highest BCUT2D eigenvalue weighted by atomic mass is 32.2. The second-order valence-corrected chi connectivity index (χ2v) is 8.05. The second-order valence-electron chi connectivity index (χ2n) is 6.04. The summed E-state index contributed by atoms with van der Waals surface area (Å²) in [5.74, 6) is 1.15. The molecule has 0 bridgehead atoms. The Morgan fingerprint density at radius 1 is 1.04 bits per heavy atom. The van der Waals surface area contributed by atoms with Crippen molar-refractivity contribution < 1.29 is 27.4 Å². The third-order valence-electron chi connectivity index (χ3n) is 4.05. The Kier molecular flexibility index (Phi) is 6.74. The van der Waals surface area contributed by atoms with Crippen molar-refractivity contribution in [2.45, 2.75) is 13.0 Å². The van der Waals surface area contributed by atoms with Gasteiger partial charge in [0.1, 0.15) is 17.2 Å². The number of hydrogen-bond acceptors (Lipinski definition) is 6. The molecule has 0 aliphatic carbocycles. The Morgan fingerprint density at radius 2 is 1.64 bits per heavy atom. The summed E-state index contributed by atoms with van der Waals surface area (Å²) < 4.78 is 40.3. The predicted molar refractivity (Wildman–Crippen MR) is 108 cm³/mol. The summed E-state index contributed by atoms with van der Waals surface area (Å²) >= 11 is 0. The average Bonchev–Trinajstić information content (AvgIpc) is 2.67. The van der Waals surface area contributed by atoms with Crippen molar-refractivity contribution >= 4 is 27.3 Å². The third-order valence-corrected chi connectivity index (χ3v) is 5.25. The minimum Gasteiger partial charge on any atom is -0.497 e. The molecule has 1 amide bonds. The monoisotopic (exact) mass is 408 g/mol. The molecular weight excluding hydrogens is 384 g/mol. The molecule has 28 heavy (non-hydrogen) atoms. The maximum atomic E-state index is 12.4. The topological polar surface area (TPSA) is 94.2 Å². The van der Waals surface area contributed by atoms with Crippen LogP contribution in [0.2, 0.25) is 0 Å². The van der Waals surface area contributed by atoms with Gasteiger partial charge in [-0.25, -0.2) is 8.42 Å². The van der Waals surface area contributed by atoms with Gasteiger partial charge in [-0.15, -0.1) is 0 Å². The molecule has 2 rings (SSSR count). The molecule has 0 heterocycles. The minimum atomic E-state index is -3.34. The quantitative estimate of drug-likeness (QED) is 0.721. The van der Waals surface area contributed by atoms with Crippen LogP contribution in [0.25, 0.3) is 0 Å². The first-order chi connectivity index (χ1) is 13.2. The summed E-state index contributed by atoms with van der Waals surface area (Å²) in [7, 11) is 1.16. The number of sulfonamides is 1. The molecule has 1 atom stereocenters. The van der Waals surface area contributed by atoms with Crippen LogP contribution >= 0.6 is 0 Å². The summed E-state index contributed by atoms with van der Waals surface area (Å²) in [5.41, 5.74) is 0.990. The van der Waals surface area contributed by atoms with Crippen molar-refractivity contribution in [1.29, 1.82) is 0 Å². The van der Waals surface area contributed by atoms with E-state index in [4.69, 9.17) is 14.2 Å². The first-order valence-corrected chi connectivity index (χ1v) is 10.2. The van der Waals surface area contributed by atoms with Gasteiger partial charge in [0, 0.05) is 13.1 Å². The van der Waals surface area contributed by atoms with Gasteiger partial charge in [-0.3, -0.25) is 9.10 Å². The summed E-state index contributed by atoms with van der Waals surface area (Å²) in [5, 5.41) is 2.75. The fourth-order valence-electron chi connectivity index (χ4n) is 2.32. The van der Waals surface area contributed by atoms with Crippen LogP contribution in [-0.4, -0.2) is 48.0 Å². The molecule has 2 aromatic carbocycles. The number of amides is 1. The molecule has 0 radical (unpaired) electrons. The molecule has 0 fully saturated rings. The van der Waals surface area contributed by atoms with Gasteiger partial charge in [0.05, 0.1) is 31.9 Å². The van der Waals surface area contributed by atoms with E-state index in [1.165, 1.54) is 14.2 Å². The Hall–Kier alpha value is -2.94. The van der Waals surface area contributed by atoms with Crippen LogP contribution in [0, 0.1) is 0 Å². The zero-order valence-electron chi connectivity index (χ0n) is 16.4. The average molecular weight is 408 g/mol. The van der Waals surface area contributed by atoms with Crippen LogP contribution < -0.4 is 23.8 Å². The predicted octanol–water partition coefficient (Wildman–Crippen LogP) is 2.51. The second kappa shape index (κ2) is 8.83. The van der Waals surface area contributed by atoms with Gasteiger partial charge in [-0.05, 0) is 43.3 Å².